The molecule has 0 radical (unpaired) electrons. The topological polar surface area (TPSA) is 49.4 Å². The quantitative estimate of drug-likeness (QED) is 0.809. The first-order valence-electron chi connectivity index (χ1n) is 8.51. The molecule has 0 spiro atoms. The molecule has 25 heavy (non-hydrogen) atoms. The van der Waals surface area contributed by atoms with E-state index in [0.29, 0.717) is 12.0 Å². The third kappa shape index (κ3) is 3.27. The van der Waals surface area contributed by atoms with Gasteiger partial charge in [0, 0.05) is 0 Å². The molecule has 0 bridgehead atoms. The number of hydrogen-bond acceptors (Lipinski definition) is 2. The van der Waals surface area contributed by atoms with Crippen molar-refractivity contribution in [2.75, 3.05) is 0 Å². The largest absolute Gasteiger partial charge is 0.325 e. The summed E-state index contributed by atoms with van der Waals surface area (Å²) in [6.07, 6.45) is 2.27. The van der Waals surface area contributed by atoms with E-state index in [1.807, 2.05) is 37.3 Å². The molecule has 0 aromatic heterocycles. The van der Waals surface area contributed by atoms with Gasteiger partial charge in [0.15, 0.2) is 0 Å². The van der Waals surface area contributed by atoms with Crippen LogP contribution in [-0.2, 0) is 16.9 Å². The lowest BCUT2D eigenvalue weighted by Gasteiger charge is -2.27. The SMILES string of the molecule is CCCCC1(c2ccccc2)NC(=O)N(Cc2cccc(F)c2)C1=O. The minimum atomic E-state index is -1.04. The minimum absolute atomic E-state index is 0.0587. The van der Waals surface area contributed by atoms with Crippen LogP contribution >= 0.6 is 0 Å². The van der Waals surface area contributed by atoms with Gasteiger partial charge in [-0.25, -0.2) is 9.18 Å². The average Bonchev–Trinajstić information content (AvgIpc) is 2.86. The van der Waals surface area contributed by atoms with Crippen molar-refractivity contribution in [1.29, 1.82) is 0 Å². The number of amides is 3. The normalized spacial score (nSPS) is 20.0. The number of benzene rings is 2. The summed E-state index contributed by atoms with van der Waals surface area (Å²) in [7, 11) is 0. The summed E-state index contributed by atoms with van der Waals surface area (Å²) in [6, 6.07) is 14.8. The molecule has 0 aliphatic carbocycles. The van der Waals surface area contributed by atoms with Gasteiger partial charge >= 0.3 is 6.03 Å². The Labute approximate surface area is 146 Å². The van der Waals surface area contributed by atoms with Crippen LogP contribution in [0.25, 0.3) is 0 Å². The van der Waals surface area contributed by atoms with Gasteiger partial charge in [-0.1, -0.05) is 62.2 Å². The smallest absolute Gasteiger partial charge is 0.319 e. The predicted octanol–water partition coefficient (Wildman–Crippen LogP) is 3.96. The molecule has 1 aliphatic rings. The van der Waals surface area contributed by atoms with E-state index >= 15 is 0 Å². The van der Waals surface area contributed by atoms with E-state index in [-0.39, 0.29) is 18.3 Å². The molecule has 1 fully saturated rings. The molecule has 1 heterocycles. The summed E-state index contributed by atoms with van der Waals surface area (Å²) in [5.74, 6) is -0.661. The fourth-order valence-electron chi connectivity index (χ4n) is 3.26. The number of carbonyl (C=O) groups is 2. The van der Waals surface area contributed by atoms with Crippen molar-refractivity contribution in [3.05, 3.63) is 71.5 Å². The molecule has 4 nitrogen and oxygen atoms in total. The van der Waals surface area contributed by atoms with Crippen LogP contribution < -0.4 is 5.32 Å². The standard InChI is InChI=1S/C20H21FN2O2/c1-2-3-12-20(16-9-5-4-6-10-16)18(24)23(19(25)22-20)14-15-8-7-11-17(21)13-15/h4-11,13H,2-3,12,14H2,1H3,(H,22,25). The second-order valence-electron chi connectivity index (χ2n) is 6.33. The van der Waals surface area contributed by atoms with E-state index < -0.39 is 11.6 Å². The fraction of sp³-hybridized carbons (Fsp3) is 0.300. The molecule has 3 amide bonds. The number of nitrogens with one attached hydrogen (secondary N) is 1. The summed E-state index contributed by atoms with van der Waals surface area (Å²) in [4.78, 5) is 26.9. The second-order valence-corrected chi connectivity index (χ2v) is 6.33. The van der Waals surface area contributed by atoms with Crippen molar-refractivity contribution < 1.29 is 14.0 Å². The molecule has 2 aromatic carbocycles. The number of nitrogens with zero attached hydrogens (tertiary/aromatic N) is 1. The van der Waals surface area contributed by atoms with Gasteiger partial charge in [0.05, 0.1) is 6.54 Å². The van der Waals surface area contributed by atoms with Crippen molar-refractivity contribution in [3.63, 3.8) is 0 Å². The lowest BCUT2D eigenvalue weighted by Crippen LogP contribution is -2.44. The van der Waals surface area contributed by atoms with Crippen molar-refractivity contribution in [2.24, 2.45) is 0 Å². The van der Waals surface area contributed by atoms with Crippen molar-refractivity contribution in [3.8, 4) is 0 Å². The van der Waals surface area contributed by atoms with Gasteiger partial charge in [-0.3, -0.25) is 9.69 Å². The second kappa shape index (κ2) is 7.05. The zero-order valence-electron chi connectivity index (χ0n) is 14.2. The highest BCUT2D eigenvalue weighted by Gasteiger charge is 2.51. The molecule has 1 unspecified atom stereocenters. The van der Waals surface area contributed by atoms with Crippen molar-refractivity contribution in [2.45, 2.75) is 38.3 Å². The zero-order chi connectivity index (χ0) is 17.9. The van der Waals surface area contributed by atoms with Crippen LogP contribution in [-0.4, -0.2) is 16.8 Å². The maximum Gasteiger partial charge on any atom is 0.325 e. The first-order chi connectivity index (χ1) is 12.1. The van der Waals surface area contributed by atoms with Crippen LogP contribution in [0.2, 0.25) is 0 Å². The molecule has 2 aromatic rings. The summed E-state index contributed by atoms with van der Waals surface area (Å²) in [5, 5.41) is 2.90. The third-order valence-corrected chi connectivity index (χ3v) is 4.58. The third-order valence-electron chi connectivity index (χ3n) is 4.58. The maximum absolute atomic E-state index is 13.4. The molecule has 1 aliphatic heterocycles. The number of urea groups is 1. The van der Waals surface area contributed by atoms with Gasteiger partial charge in [0.2, 0.25) is 0 Å². The Kier molecular flexibility index (Phi) is 4.83. The summed E-state index contributed by atoms with van der Waals surface area (Å²) >= 11 is 0. The lowest BCUT2D eigenvalue weighted by molar-refractivity contribution is -0.132. The number of rotatable bonds is 6. The average molecular weight is 340 g/mol. The van der Waals surface area contributed by atoms with E-state index in [1.54, 1.807) is 12.1 Å². The Balaban J connectivity index is 1.93. The van der Waals surface area contributed by atoms with E-state index in [2.05, 4.69) is 5.32 Å². The Bertz CT molecular complexity index is 778. The molecule has 1 saturated heterocycles. The van der Waals surface area contributed by atoms with Gasteiger partial charge in [0.25, 0.3) is 5.91 Å². The van der Waals surface area contributed by atoms with E-state index in [1.165, 1.54) is 17.0 Å². The Morgan fingerprint density at radius 1 is 1.08 bits per heavy atom. The Morgan fingerprint density at radius 2 is 1.84 bits per heavy atom. The predicted molar refractivity (Wildman–Crippen MR) is 93.1 cm³/mol. The number of halogens is 1. The van der Waals surface area contributed by atoms with Crippen LogP contribution in [0.4, 0.5) is 9.18 Å². The molecular formula is C20H21FN2O2. The lowest BCUT2D eigenvalue weighted by atomic mass is 9.85. The van der Waals surface area contributed by atoms with Crippen molar-refractivity contribution >= 4 is 11.9 Å². The molecule has 3 rings (SSSR count). The Hall–Kier alpha value is -2.69. The van der Waals surface area contributed by atoms with Gasteiger partial charge < -0.3 is 5.32 Å². The first-order valence-corrected chi connectivity index (χ1v) is 8.51. The summed E-state index contributed by atoms with van der Waals surface area (Å²) < 4.78 is 13.4. The van der Waals surface area contributed by atoms with Gasteiger partial charge in [-0.15, -0.1) is 0 Å². The highest BCUT2D eigenvalue weighted by atomic mass is 19.1. The summed E-state index contributed by atoms with van der Waals surface area (Å²) in [5.41, 5.74) is 0.327. The van der Waals surface area contributed by atoms with Crippen LogP contribution in [0.1, 0.15) is 37.3 Å². The zero-order valence-corrected chi connectivity index (χ0v) is 14.2. The van der Waals surface area contributed by atoms with Gasteiger partial charge in [-0.2, -0.15) is 0 Å². The monoisotopic (exact) mass is 340 g/mol. The highest BCUT2D eigenvalue weighted by molar-refractivity contribution is 6.07. The van der Waals surface area contributed by atoms with E-state index in [9.17, 15) is 14.0 Å². The molecule has 1 atom stereocenters. The fourth-order valence-corrected chi connectivity index (χ4v) is 3.26. The van der Waals surface area contributed by atoms with E-state index in [4.69, 9.17) is 0 Å². The van der Waals surface area contributed by atoms with Crippen LogP contribution in [0.15, 0.2) is 54.6 Å². The van der Waals surface area contributed by atoms with Crippen LogP contribution in [0.5, 0.6) is 0 Å². The molecule has 1 N–H and O–H groups in total. The first kappa shape index (κ1) is 17.1. The molecule has 0 saturated carbocycles. The molecular weight excluding hydrogens is 319 g/mol. The minimum Gasteiger partial charge on any atom is -0.319 e. The van der Waals surface area contributed by atoms with E-state index in [0.717, 1.165) is 18.4 Å². The summed E-state index contributed by atoms with van der Waals surface area (Å²) in [6.45, 7) is 2.10. The van der Waals surface area contributed by atoms with Gasteiger partial charge in [0.1, 0.15) is 11.4 Å². The number of hydrogen-bond donors (Lipinski definition) is 1. The number of carbonyl (C=O) groups excluding carboxylic acids is 2. The maximum atomic E-state index is 13.4. The Morgan fingerprint density at radius 3 is 2.52 bits per heavy atom. The van der Waals surface area contributed by atoms with Crippen molar-refractivity contribution in [1.82, 2.24) is 10.2 Å². The highest BCUT2D eigenvalue weighted by Crippen LogP contribution is 2.34. The molecule has 130 valence electrons. The van der Waals surface area contributed by atoms with Crippen LogP contribution in [0.3, 0.4) is 0 Å². The number of unbranched alkanes of at least 4 members (excludes halogenated alkanes) is 1. The molecule has 5 heteroatoms. The number of imide groups is 1. The van der Waals surface area contributed by atoms with Crippen LogP contribution in [0, 0.1) is 5.82 Å². The van der Waals surface area contributed by atoms with Gasteiger partial charge in [-0.05, 0) is 29.7 Å².